The molecule has 1 N–H and O–H groups in total. The highest BCUT2D eigenvalue weighted by Gasteiger charge is 2.32. The molecule has 1 aliphatic carbocycles. The number of amides is 1. The summed E-state index contributed by atoms with van der Waals surface area (Å²) in [5.41, 5.74) is 4.25. The van der Waals surface area contributed by atoms with Gasteiger partial charge in [0.2, 0.25) is 5.91 Å². The van der Waals surface area contributed by atoms with Crippen LogP contribution in [0.5, 0.6) is 0 Å². The number of nitrogens with zero attached hydrogens (tertiary/aromatic N) is 3. The van der Waals surface area contributed by atoms with Gasteiger partial charge in [0.1, 0.15) is 16.4 Å². The molecule has 2 aliphatic rings. The van der Waals surface area contributed by atoms with E-state index in [1.165, 1.54) is 30.2 Å². The summed E-state index contributed by atoms with van der Waals surface area (Å²) in [7, 11) is 1.35. The second kappa shape index (κ2) is 10.7. The maximum absolute atomic E-state index is 13.0. The summed E-state index contributed by atoms with van der Waals surface area (Å²) in [6.45, 7) is 5.54. The van der Waals surface area contributed by atoms with Crippen LogP contribution < -0.4 is 5.32 Å². The van der Waals surface area contributed by atoms with Crippen molar-refractivity contribution < 1.29 is 19.1 Å². The van der Waals surface area contributed by atoms with Gasteiger partial charge in [-0.1, -0.05) is 35.5 Å². The fourth-order valence-electron chi connectivity index (χ4n) is 4.49. The van der Waals surface area contributed by atoms with Crippen LogP contribution in [-0.4, -0.2) is 52.2 Å². The third kappa shape index (κ3) is 5.35. The lowest BCUT2D eigenvalue weighted by Gasteiger charge is -2.14. The molecule has 1 unspecified atom stereocenters. The first-order valence-corrected chi connectivity index (χ1v) is 14.1. The van der Waals surface area contributed by atoms with Crippen LogP contribution in [0.2, 0.25) is 0 Å². The first kappa shape index (κ1) is 25.0. The average Bonchev–Trinajstić information content (AvgIpc) is 3.24. The summed E-state index contributed by atoms with van der Waals surface area (Å²) in [5.74, 6) is 0.933. The zero-order valence-corrected chi connectivity index (χ0v) is 22.3. The summed E-state index contributed by atoms with van der Waals surface area (Å²) in [6, 6.07) is 6.11. The fourth-order valence-corrected chi connectivity index (χ4v) is 6.20. The number of aryl methyl sites for hydroxylation is 2. The molecule has 1 atom stereocenters. The average molecular weight is 527 g/mol. The van der Waals surface area contributed by atoms with E-state index in [0.29, 0.717) is 16.5 Å². The molecule has 1 aromatic carbocycles. The Bertz CT molecular complexity index is 1270. The number of hydrogen-bond donors (Lipinski definition) is 1. The van der Waals surface area contributed by atoms with Crippen LogP contribution in [-0.2, 0) is 20.8 Å². The number of aromatic nitrogens is 3. The lowest BCUT2D eigenvalue weighted by Crippen LogP contribution is -2.19. The predicted molar refractivity (Wildman–Crippen MR) is 141 cm³/mol. The van der Waals surface area contributed by atoms with Crippen LogP contribution in [0.3, 0.4) is 0 Å². The van der Waals surface area contributed by atoms with Gasteiger partial charge >= 0.3 is 5.97 Å². The standard InChI is InChI=1S/C26H30N4O4S2/c1-15-6-7-16(2)19(11-15)20-13-35-24(22(20)25(32)33-3)27-21(31)14-36-26-29-28-23(17-8-9-17)30(26)12-18-5-4-10-34-18/h6-7,11,13,17-18H,4-5,8-10,12,14H2,1-3H3,(H,27,31). The van der Waals surface area contributed by atoms with E-state index in [1.54, 1.807) is 0 Å². The third-order valence-electron chi connectivity index (χ3n) is 6.55. The van der Waals surface area contributed by atoms with Crippen molar-refractivity contribution in [2.24, 2.45) is 0 Å². The van der Waals surface area contributed by atoms with E-state index in [4.69, 9.17) is 9.47 Å². The van der Waals surface area contributed by atoms with Gasteiger partial charge in [0.25, 0.3) is 0 Å². The zero-order chi connectivity index (χ0) is 25.2. The van der Waals surface area contributed by atoms with Crippen molar-refractivity contribution in [3.63, 3.8) is 0 Å². The van der Waals surface area contributed by atoms with Crippen LogP contribution in [0.1, 0.15) is 58.9 Å². The molecule has 10 heteroatoms. The molecule has 1 saturated carbocycles. The number of thioether (sulfide) groups is 1. The van der Waals surface area contributed by atoms with Crippen molar-refractivity contribution in [3.05, 3.63) is 46.1 Å². The van der Waals surface area contributed by atoms with Crippen LogP contribution in [0, 0.1) is 13.8 Å². The second-order valence-corrected chi connectivity index (χ2v) is 11.2. The molecule has 8 nitrogen and oxygen atoms in total. The Morgan fingerprint density at radius 1 is 1.22 bits per heavy atom. The molecule has 3 aromatic rings. The smallest absolute Gasteiger partial charge is 0.341 e. The van der Waals surface area contributed by atoms with Gasteiger partial charge in [0.15, 0.2) is 5.16 Å². The Kier molecular flexibility index (Phi) is 7.45. The van der Waals surface area contributed by atoms with Gasteiger partial charge in [-0.3, -0.25) is 4.79 Å². The molecule has 0 bridgehead atoms. The molecule has 0 radical (unpaired) electrons. The van der Waals surface area contributed by atoms with Crippen molar-refractivity contribution >= 4 is 40.0 Å². The minimum absolute atomic E-state index is 0.158. The minimum atomic E-state index is -0.472. The molecule has 36 heavy (non-hydrogen) atoms. The molecule has 3 heterocycles. The summed E-state index contributed by atoms with van der Waals surface area (Å²) in [5, 5.41) is 14.9. The van der Waals surface area contributed by atoms with Gasteiger partial charge in [-0.15, -0.1) is 21.5 Å². The molecule has 5 rings (SSSR count). The van der Waals surface area contributed by atoms with Gasteiger partial charge in [0.05, 0.1) is 25.5 Å². The summed E-state index contributed by atoms with van der Waals surface area (Å²) in [6.07, 6.45) is 4.54. The summed E-state index contributed by atoms with van der Waals surface area (Å²) < 4.78 is 13.0. The summed E-state index contributed by atoms with van der Waals surface area (Å²) >= 11 is 2.69. The molecule has 2 aromatic heterocycles. The molecular formula is C26H30N4O4S2. The third-order valence-corrected chi connectivity index (χ3v) is 8.41. The Morgan fingerprint density at radius 2 is 2.06 bits per heavy atom. The van der Waals surface area contributed by atoms with Gasteiger partial charge in [-0.05, 0) is 50.7 Å². The number of esters is 1. The number of ether oxygens (including phenoxy) is 2. The highest BCUT2D eigenvalue weighted by atomic mass is 32.2. The van der Waals surface area contributed by atoms with Crippen LogP contribution in [0.15, 0.2) is 28.7 Å². The number of anilines is 1. The number of methoxy groups -OCH3 is 1. The number of carbonyl (C=O) groups excluding carboxylic acids is 2. The predicted octanol–water partition coefficient (Wildman–Crippen LogP) is 5.20. The number of nitrogens with one attached hydrogen (secondary N) is 1. The number of rotatable bonds is 9. The lowest BCUT2D eigenvalue weighted by atomic mass is 9.97. The number of carbonyl (C=O) groups is 2. The van der Waals surface area contributed by atoms with E-state index in [-0.39, 0.29) is 17.8 Å². The fraction of sp³-hybridized carbons (Fsp3) is 0.462. The van der Waals surface area contributed by atoms with Crippen molar-refractivity contribution in [2.75, 3.05) is 24.8 Å². The molecule has 2 fully saturated rings. The largest absolute Gasteiger partial charge is 0.465 e. The maximum atomic E-state index is 13.0. The summed E-state index contributed by atoms with van der Waals surface area (Å²) in [4.78, 5) is 25.7. The first-order valence-electron chi connectivity index (χ1n) is 12.2. The monoisotopic (exact) mass is 526 g/mol. The normalized spacial score (nSPS) is 17.4. The van der Waals surface area contributed by atoms with E-state index >= 15 is 0 Å². The molecule has 1 amide bonds. The highest BCUT2D eigenvalue weighted by Crippen LogP contribution is 2.41. The van der Waals surface area contributed by atoms with E-state index in [9.17, 15) is 9.59 Å². The molecular weight excluding hydrogens is 496 g/mol. The minimum Gasteiger partial charge on any atom is -0.465 e. The van der Waals surface area contributed by atoms with Crippen molar-refractivity contribution in [1.29, 1.82) is 0 Å². The molecule has 0 spiro atoms. The van der Waals surface area contributed by atoms with Crippen LogP contribution in [0.4, 0.5) is 5.00 Å². The van der Waals surface area contributed by atoms with Crippen LogP contribution >= 0.6 is 23.1 Å². The Morgan fingerprint density at radius 3 is 2.78 bits per heavy atom. The van der Waals surface area contributed by atoms with Gasteiger partial charge < -0.3 is 19.4 Å². The Balaban J connectivity index is 1.32. The second-order valence-electron chi connectivity index (χ2n) is 9.36. The van der Waals surface area contributed by atoms with Gasteiger partial charge in [-0.25, -0.2) is 4.79 Å². The lowest BCUT2D eigenvalue weighted by molar-refractivity contribution is -0.113. The number of benzene rings is 1. The molecule has 1 aliphatic heterocycles. The van der Waals surface area contributed by atoms with E-state index in [1.807, 2.05) is 37.4 Å². The topological polar surface area (TPSA) is 95.3 Å². The van der Waals surface area contributed by atoms with Crippen molar-refractivity contribution in [1.82, 2.24) is 14.8 Å². The maximum Gasteiger partial charge on any atom is 0.341 e. The van der Waals surface area contributed by atoms with E-state index < -0.39 is 5.97 Å². The molecule has 190 valence electrons. The van der Waals surface area contributed by atoms with Gasteiger partial charge in [0, 0.05) is 23.5 Å². The van der Waals surface area contributed by atoms with Crippen molar-refractivity contribution in [3.8, 4) is 11.1 Å². The molecule has 1 saturated heterocycles. The Labute approximate surface area is 218 Å². The van der Waals surface area contributed by atoms with Crippen molar-refractivity contribution in [2.45, 2.75) is 63.3 Å². The van der Waals surface area contributed by atoms with Crippen LogP contribution in [0.25, 0.3) is 11.1 Å². The SMILES string of the molecule is COC(=O)c1c(-c2cc(C)ccc2C)csc1NC(=O)CSc1nnc(C2CC2)n1CC1CCCO1. The number of thiophene rings is 1. The van der Waals surface area contributed by atoms with E-state index in [2.05, 4.69) is 20.1 Å². The van der Waals surface area contributed by atoms with Gasteiger partial charge in [-0.2, -0.15) is 0 Å². The van der Waals surface area contributed by atoms with E-state index in [0.717, 1.165) is 72.1 Å². The Hall–Kier alpha value is -2.69. The zero-order valence-electron chi connectivity index (χ0n) is 20.7. The quantitative estimate of drug-likeness (QED) is 0.303. The number of hydrogen-bond acceptors (Lipinski definition) is 8. The highest BCUT2D eigenvalue weighted by molar-refractivity contribution is 7.99. The first-order chi connectivity index (χ1) is 17.4.